The van der Waals surface area contributed by atoms with Gasteiger partial charge in [0.15, 0.2) is 6.17 Å². The van der Waals surface area contributed by atoms with E-state index in [9.17, 15) is 19.5 Å². The second-order valence-corrected chi connectivity index (χ2v) is 10.8. The number of rotatable bonds is 5. The Bertz CT molecular complexity index is 1260. The fourth-order valence-corrected chi connectivity index (χ4v) is 5.04. The fraction of sp³-hybridized carbons (Fsp3) is 0.400. The van der Waals surface area contributed by atoms with E-state index in [0.717, 1.165) is 16.7 Å². The van der Waals surface area contributed by atoms with E-state index in [-0.39, 0.29) is 29.6 Å². The lowest BCUT2D eigenvalue weighted by atomic mass is 9.78. The van der Waals surface area contributed by atoms with E-state index in [1.165, 1.54) is 6.33 Å². The number of benzene rings is 1. The number of nitrogens with zero attached hydrogens (tertiary/aromatic N) is 3. The number of thioether (sulfide) groups is 1. The molecular formula is C25H27FN4O6S. The van der Waals surface area contributed by atoms with Crippen molar-refractivity contribution in [3.63, 3.8) is 0 Å². The van der Waals surface area contributed by atoms with Crippen LogP contribution in [0.1, 0.15) is 38.3 Å². The Morgan fingerprint density at radius 2 is 2.00 bits per heavy atom. The molecule has 10 nitrogen and oxygen atoms in total. The average molecular weight is 531 g/mol. The molecule has 3 heterocycles. The van der Waals surface area contributed by atoms with Gasteiger partial charge in [0, 0.05) is 13.0 Å². The van der Waals surface area contributed by atoms with Crippen LogP contribution in [0.25, 0.3) is 6.08 Å². The summed E-state index contributed by atoms with van der Waals surface area (Å²) in [4.78, 5) is 44.6. The zero-order valence-corrected chi connectivity index (χ0v) is 21.5. The number of nitrogens with one attached hydrogen (secondary N) is 1. The quantitative estimate of drug-likeness (QED) is 0.524. The topological polar surface area (TPSA) is 131 Å². The molecular weight excluding hydrogens is 503 g/mol. The maximum absolute atomic E-state index is 15.6. The number of alkyl halides is 1. The lowest BCUT2D eigenvalue weighted by molar-refractivity contribution is -0.115. The van der Waals surface area contributed by atoms with Crippen LogP contribution >= 0.6 is 11.8 Å². The number of carbonyl (C=O) groups excluding carboxylic acids is 2. The zero-order valence-electron chi connectivity index (χ0n) is 20.7. The largest absolute Gasteiger partial charge is 0.471 e. The Kier molecular flexibility index (Phi) is 7.39. The molecule has 2 saturated heterocycles. The Balaban J connectivity index is 1.52. The number of amides is 3. The van der Waals surface area contributed by atoms with E-state index in [2.05, 4.69) is 15.3 Å². The SMILES string of the molecule is Cc1c(Oc2cccc(C=C3SC(=O)NC3=O)c2)ncnc1O[C@H]1CCN(C(=O)O)C(C(C)(C)C)[C@H]1F. The lowest BCUT2D eigenvalue weighted by Crippen LogP contribution is -2.60. The van der Waals surface area contributed by atoms with Crippen molar-refractivity contribution in [2.24, 2.45) is 5.41 Å². The van der Waals surface area contributed by atoms with Gasteiger partial charge < -0.3 is 19.5 Å². The van der Waals surface area contributed by atoms with Gasteiger partial charge in [0.25, 0.3) is 11.1 Å². The van der Waals surface area contributed by atoms with Crippen molar-refractivity contribution in [3.05, 3.63) is 46.6 Å². The highest BCUT2D eigenvalue weighted by Gasteiger charge is 2.47. The van der Waals surface area contributed by atoms with Crippen molar-refractivity contribution in [2.45, 2.75) is 52.4 Å². The van der Waals surface area contributed by atoms with Crippen LogP contribution in [0.5, 0.6) is 17.5 Å². The number of hydrogen-bond donors (Lipinski definition) is 2. The number of likely N-dealkylation sites (tertiary alicyclic amines) is 1. The summed E-state index contributed by atoms with van der Waals surface area (Å²) in [5, 5.41) is 11.3. The van der Waals surface area contributed by atoms with Crippen LogP contribution < -0.4 is 14.8 Å². The fourth-order valence-electron chi connectivity index (χ4n) is 4.36. The normalized spacial score (nSPS) is 23.2. The van der Waals surface area contributed by atoms with Crippen LogP contribution in [0, 0.1) is 12.3 Å². The van der Waals surface area contributed by atoms with Crippen LogP contribution in [0.2, 0.25) is 0 Å². The van der Waals surface area contributed by atoms with E-state index in [1.807, 2.05) is 0 Å². The zero-order chi connectivity index (χ0) is 26.9. The van der Waals surface area contributed by atoms with E-state index in [1.54, 1.807) is 58.0 Å². The molecule has 0 aliphatic carbocycles. The molecule has 12 heteroatoms. The van der Waals surface area contributed by atoms with Gasteiger partial charge in [-0.25, -0.2) is 19.2 Å². The first kappa shape index (κ1) is 26.4. The van der Waals surface area contributed by atoms with Crippen LogP contribution in [-0.2, 0) is 4.79 Å². The third kappa shape index (κ3) is 5.85. The first-order chi connectivity index (χ1) is 17.4. The van der Waals surface area contributed by atoms with Crippen molar-refractivity contribution in [1.82, 2.24) is 20.2 Å². The summed E-state index contributed by atoms with van der Waals surface area (Å²) < 4.78 is 27.5. The van der Waals surface area contributed by atoms with Crippen molar-refractivity contribution in [1.29, 1.82) is 0 Å². The first-order valence-corrected chi connectivity index (χ1v) is 12.4. The molecule has 3 amide bonds. The number of hydrogen-bond acceptors (Lipinski definition) is 8. The monoisotopic (exact) mass is 530 g/mol. The minimum absolute atomic E-state index is 0.139. The molecule has 1 aromatic carbocycles. The van der Waals surface area contributed by atoms with Gasteiger partial charge in [-0.05, 0) is 47.9 Å². The van der Waals surface area contributed by atoms with Gasteiger partial charge >= 0.3 is 6.09 Å². The minimum atomic E-state index is -1.56. The number of imide groups is 1. The van der Waals surface area contributed by atoms with Gasteiger partial charge in [-0.3, -0.25) is 14.9 Å². The molecule has 196 valence electrons. The van der Waals surface area contributed by atoms with Crippen molar-refractivity contribution >= 4 is 35.1 Å². The predicted molar refractivity (Wildman–Crippen MR) is 134 cm³/mol. The summed E-state index contributed by atoms with van der Waals surface area (Å²) in [6.45, 7) is 7.21. The Labute approximate surface area is 217 Å². The summed E-state index contributed by atoms with van der Waals surface area (Å²) in [6, 6.07) is 5.98. The molecule has 0 saturated carbocycles. The van der Waals surface area contributed by atoms with Crippen molar-refractivity contribution < 1.29 is 33.4 Å². The number of halogens is 1. The van der Waals surface area contributed by atoms with Gasteiger partial charge in [-0.2, -0.15) is 0 Å². The molecule has 37 heavy (non-hydrogen) atoms. The number of carbonyl (C=O) groups is 3. The number of aromatic nitrogens is 2. The molecule has 4 rings (SSSR count). The van der Waals surface area contributed by atoms with Crippen LogP contribution in [-0.4, -0.2) is 62.1 Å². The van der Waals surface area contributed by atoms with Crippen molar-refractivity contribution in [3.8, 4) is 17.5 Å². The van der Waals surface area contributed by atoms with E-state index >= 15 is 4.39 Å². The summed E-state index contributed by atoms with van der Waals surface area (Å²) in [6.07, 6.45) is -0.623. The van der Waals surface area contributed by atoms with Crippen LogP contribution in [0.15, 0.2) is 35.5 Å². The molecule has 1 unspecified atom stereocenters. The third-order valence-electron chi connectivity index (χ3n) is 6.05. The van der Waals surface area contributed by atoms with Gasteiger partial charge in [0.1, 0.15) is 18.2 Å². The van der Waals surface area contributed by atoms with Gasteiger partial charge in [-0.15, -0.1) is 0 Å². The lowest BCUT2D eigenvalue weighted by Gasteiger charge is -2.46. The summed E-state index contributed by atoms with van der Waals surface area (Å²) in [7, 11) is 0. The molecule has 2 aliphatic rings. The summed E-state index contributed by atoms with van der Waals surface area (Å²) in [5.74, 6) is 0.306. The minimum Gasteiger partial charge on any atom is -0.471 e. The van der Waals surface area contributed by atoms with E-state index in [0.29, 0.717) is 16.9 Å². The summed E-state index contributed by atoms with van der Waals surface area (Å²) >= 11 is 0.820. The molecule has 2 aliphatic heterocycles. The maximum atomic E-state index is 15.6. The van der Waals surface area contributed by atoms with Crippen LogP contribution in [0.3, 0.4) is 0 Å². The molecule has 2 aromatic rings. The Hall–Kier alpha value is -3.67. The highest BCUT2D eigenvalue weighted by Crippen LogP contribution is 2.37. The standard InChI is InChI=1S/C25H27FN4O6S/c1-13-21(35-15-7-5-6-14(10-15)11-17-20(31)29-23(32)37-17)27-12-28-22(13)36-16-8-9-30(24(33)34)19(18(16)26)25(2,3)4/h5-7,10-12,16,18-19H,8-9H2,1-4H3,(H,33,34)(H,29,31,32)/t16-,18-,19?/m0/s1. The molecule has 0 bridgehead atoms. The maximum Gasteiger partial charge on any atom is 0.407 e. The third-order valence-corrected chi connectivity index (χ3v) is 6.86. The second kappa shape index (κ2) is 10.4. The molecule has 1 aromatic heterocycles. The van der Waals surface area contributed by atoms with Gasteiger partial charge in [0.2, 0.25) is 11.8 Å². The van der Waals surface area contributed by atoms with Crippen molar-refractivity contribution in [2.75, 3.05) is 6.54 Å². The summed E-state index contributed by atoms with van der Waals surface area (Å²) in [5.41, 5.74) is 0.453. The smallest absolute Gasteiger partial charge is 0.407 e. The van der Waals surface area contributed by atoms with E-state index < -0.39 is 41.0 Å². The molecule has 0 radical (unpaired) electrons. The molecule has 2 N–H and O–H groups in total. The highest BCUT2D eigenvalue weighted by atomic mass is 32.2. The second-order valence-electron chi connectivity index (χ2n) is 9.81. The highest BCUT2D eigenvalue weighted by molar-refractivity contribution is 8.18. The van der Waals surface area contributed by atoms with Gasteiger partial charge in [-0.1, -0.05) is 32.9 Å². The molecule has 3 atom stereocenters. The number of piperidine rings is 1. The molecule has 2 fully saturated rings. The Morgan fingerprint density at radius 1 is 1.27 bits per heavy atom. The Morgan fingerprint density at radius 3 is 2.65 bits per heavy atom. The number of carboxylic acid groups (broad SMARTS) is 1. The average Bonchev–Trinajstić information content (AvgIpc) is 3.13. The molecule has 0 spiro atoms. The predicted octanol–water partition coefficient (Wildman–Crippen LogP) is 4.79. The van der Waals surface area contributed by atoms with Crippen LogP contribution in [0.4, 0.5) is 14.0 Å². The van der Waals surface area contributed by atoms with E-state index in [4.69, 9.17) is 9.47 Å². The first-order valence-electron chi connectivity index (χ1n) is 11.6. The van der Waals surface area contributed by atoms with Gasteiger partial charge in [0.05, 0.1) is 16.5 Å². The number of ether oxygens (including phenoxy) is 2.